The van der Waals surface area contributed by atoms with E-state index in [1.165, 1.54) is 4.31 Å². The van der Waals surface area contributed by atoms with Gasteiger partial charge in [-0.1, -0.05) is 6.07 Å². The highest BCUT2D eigenvalue weighted by Gasteiger charge is 2.27. The van der Waals surface area contributed by atoms with Crippen molar-refractivity contribution in [2.24, 2.45) is 0 Å². The van der Waals surface area contributed by atoms with E-state index >= 15 is 0 Å². The Bertz CT molecular complexity index is 584. The maximum absolute atomic E-state index is 12.7. The van der Waals surface area contributed by atoms with Gasteiger partial charge in [0.25, 0.3) is 0 Å². The van der Waals surface area contributed by atoms with Gasteiger partial charge in [-0.3, -0.25) is 0 Å². The molecular formula is C14H22N2O3S. The zero-order chi connectivity index (χ0) is 14.8. The number of rotatable bonds is 5. The molecule has 0 saturated carbocycles. The van der Waals surface area contributed by atoms with Crippen molar-refractivity contribution < 1.29 is 13.2 Å². The Kier molecular flexibility index (Phi) is 4.67. The van der Waals surface area contributed by atoms with Crippen molar-refractivity contribution in [1.82, 2.24) is 4.31 Å². The largest absolute Gasteiger partial charge is 0.385 e. The summed E-state index contributed by atoms with van der Waals surface area (Å²) in [6, 6.07) is 3.59. The highest BCUT2D eigenvalue weighted by atomic mass is 32.2. The molecular weight excluding hydrogens is 276 g/mol. The molecule has 5 nitrogen and oxygen atoms in total. The molecule has 1 heterocycles. The fourth-order valence-corrected chi connectivity index (χ4v) is 3.87. The van der Waals surface area contributed by atoms with Gasteiger partial charge in [0.15, 0.2) is 0 Å². The standard InChI is InChI=1S/C14H22N2O3S/c1-11-6-7-13(12-5-4-8-15-14(11)12)20(17,18)16(2)9-10-19-3/h6-7,15H,4-5,8-10H2,1-3H3. The molecule has 0 radical (unpaired) electrons. The molecule has 0 aliphatic carbocycles. The molecule has 112 valence electrons. The highest BCUT2D eigenvalue weighted by Crippen LogP contribution is 2.32. The average molecular weight is 298 g/mol. The van der Waals surface area contributed by atoms with Crippen molar-refractivity contribution in [3.63, 3.8) is 0 Å². The van der Waals surface area contributed by atoms with Gasteiger partial charge in [-0.25, -0.2) is 8.42 Å². The van der Waals surface area contributed by atoms with Crippen LogP contribution in [0.1, 0.15) is 17.5 Å². The van der Waals surface area contributed by atoms with Crippen molar-refractivity contribution in [2.75, 3.05) is 39.2 Å². The Morgan fingerprint density at radius 3 is 2.85 bits per heavy atom. The molecule has 2 rings (SSSR count). The molecule has 0 amide bonds. The summed E-state index contributed by atoms with van der Waals surface area (Å²) in [5, 5.41) is 3.32. The Morgan fingerprint density at radius 2 is 2.15 bits per heavy atom. The molecule has 0 aromatic heterocycles. The van der Waals surface area contributed by atoms with E-state index in [1.54, 1.807) is 20.2 Å². The summed E-state index contributed by atoms with van der Waals surface area (Å²) < 4.78 is 31.6. The van der Waals surface area contributed by atoms with E-state index < -0.39 is 10.0 Å². The van der Waals surface area contributed by atoms with E-state index in [2.05, 4.69) is 5.32 Å². The first kappa shape index (κ1) is 15.3. The molecule has 1 N–H and O–H groups in total. The van der Waals surface area contributed by atoms with E-state index in [4.69, 9.17) is 4.74 Å². The van der Waals surface area contributed by atoms with Gasteiger partial charge >= 0.3 is 0 Å². The van der Waals surface area contributed by atoms with Crippen LogP contribution >= 0.6 is 0 Å². The Labute approximate surface area is 121 Å². The lowest BCUT2D eigenvalue weighted by Crippen LogP contribution is -2.31. The van der Waals surface area contributed by atoms with E-state index in [0.717, 1.165) is 36.2 Å². The van der Waals surface area contributed by atoms with Crippen LogP contribution in [0.25, 0.3) is 0 Å². The molecule has 0 spiro atoms. The number of methoxy groups -OCH3 is 1. The number of hydrogen-bond donors (Lipinski definition) is 1. The summed E-state index contributed by atoms with van der Waals surface area (Å²) in [7, 11) is -0.294. The second-order valence-electron chi connectivity index (χ2n) is 5.08. The van der Waals surface area contributed by atoms with Gasteiger partial charge < -0.3 is 10.1 Å². The van der Waals surface area contributed by atoms with Gasteiger partial charge in [-0.15, -0.1) is 0 Å². The van der Waals surface area contributed by atoms with Crippen molar-refractivity contribution in [2.45, 2.75) is 24.7 Å². The van der Waals surface area contributed by atoms with E-state index in [0.29, 0.717) is 18.0 Å². The predicted molar refractivity (Wildman–Crippen MR) is 79.7 cm³/mol. The quantitative estimate of drug-likeness (QED) is 0.897. The predicted octanol–water partition coefficient (Wildman–Crippen LogP) is 1.62. The number of sulfonamides is 1. The van der Waals surface area contributed by atoms with Crippen LogP contribution in [-0.4, -0.2) is 46.6 Å². The van der Waals surface area contributed by atoms with Crippen molar-refractivity contribution >= 4 is 15.7 Å². The molecule has 1 aromatic carbocycles. The second-order valence-corrected chi connectivity index (χ2v) is 7.10. The smallest absolute Gasteiger partial charge is 0.243 e. The Balaban J connectivity index is 2.42. The normalized spacial score (nSPS) is 15.0. The monoisotopic (exact) mass is 298 g/mol. The molecule has 1 aliphatic heterocycles. The van der Waals surface area contributed by atoms with Gasteiger partial charge in [0.1, 0.15) is 0 Å². The fourth-order valence-electron chi connectivity index (χ4n) is 2.47. The third kappa shape index (κ3) is 2.82. The average Bonchev–Trinajstić information content (AvgIpc) is 2.45. The van der Waals surface area contributed by atoms with Crippen LogP contribution in [0.5, 0.6) is 0 Å². The van der Waals surface area contributed by atoms with E-state index in [1.807, 2.05) is 13.0 Å². The number of anilines is 1. The van der Waals surface area contributed by atoms with Gasteiger partial charge in [-0.05, 0) is 37.0 Å². The van der Waals surface area contributed by atoms with Crippen LogP contribution in [0, 0.1) is 6.92 Å². The molecule has 6 heteroatoms. The summed E-state index contributed by atoms with van der Waals surface area (Å²) in [6.07, 6.45) is 1.76. The zero-order valence-corrected chi connectivity index (χ0v) is 13.1. The van der Waals surface area contributed by atoms with Gasteiger partial charge in [0.2, 0.25) is 10.0 Å². The minimum absolute atomic E-state index is 0.356. The maximum atomic E-state index is 12.7. The summed E-state index contributed by atoms with van der Waals surface area (Å²) >= 11 is 0. The summed E-state index contributed by atoms with van der Waals surface area (Å²) in [4.78, 5) is 0.420. The van der Waals surface area contributed by atoms with Crippen LogP contribution in [-0.2, 0) is 21.2 Å². The van der Waals surface area contributed by atoms with Crippen LogP contribution in [0.4, 0.5) is 5.69 Å². The van der Waals surface area contributed by atoms with Gasteiger partial charge in [0, 0.05) is 32.9 Å². The van der Waals surface area contributed by atoms with E-state index in [-0.39, 0.29) is 0 Å². The van der Waals surface area contributed by atoms with Gasteiger partial charge in [0.05, 0.1) is 11.5 Å². The Morgan fingerprint density at radius 1 is 1.40 bits per heavy atom. The van der Waals surface area contributed by atoms with Crippen LogP contribution in [0.15, 0.2) is 17.0 Å². The van der Waals surface area contributed by atoms with Crippen LogP contribution in [0.3, 0.4) is 0 Å². The van der Waals surface area contributed by atoms with Crippen LogP contribution < -0.4 is 5.32 Å². The summed E-state index contributed by atoms with van der Waals surface area (Å²) in [5.41, 5.74) is 3.00. The molecule has 1 aromatic rings. The Hall–Kier alpha value is -1.11. The lowest BCUT2D eigenvalue weighted by atomic mass is 10.00. The lowest BCUT2D eigenvalue weighted by Gasteiger charge is -2.25. The molecule has 1 aliphatic rings. The molecule has 20 heavy (non-hydrogen) atoms. The topological polar surface area (TPSA) is 58.6 Å². The zero-order valence-electron chi connectivity index (χ0n) is 12.3. The van der Waals surface area contributed by atoms with E-state index in [9.17, 15) is 8.42 Å². The second kappa shape index (κ2) is 6.11. The number of aryl methyl sites for hydroxylation is 1. The van der Waals surface area contributed by atoms with Crippen molar-refractivity contribution in [3.8, 4) is 0 Å². The van der Waals surface area contributed by atoms with Crippen molar-refractivity contribution in [1.29, 1.82) is 0 Å². The SMILES string of the molecule is COCCN(C)S(=O)(=O)c1ccc(C)c2c1CCCN2. The summed E-state index contributed by atoms with van der Waals surface area (Å²) in [6.45, 7) is 3.65. The number of fused-ring (bicyclic) bond motifs is 1. The number of nitrogens with zero attached hydrogens (tertiary/aromatic N) is 1. The number of likely N-dealkylation sites (N-methyl/N-ethyl adjacent to an activating group) is 1. The first-order valence-electron chi connectivity index (χ1n) is 6.80. The number of hydrogen-bond acceptors (Lipinski definition) is 4. The molecule has 0 unspecified atom stereocenters. The molecule has 0 bridgehead atoms. The molecule has 0 fully saturated rings. The lowest BCUT2D eigenvalue weighted by molar-refractivity contribution is 0.185. The maximum Gasteiger partial charge on any atom is 0.243 e. The molecule has 0 atom stereocenters. The number of nitrogens with one attached hydrogen (secondary N) is 1. The van der Waals surface area contributed by atoms with Crippen molar-refractivity contribution in [3.05, 3.63) is 23.3 Å². The summed E-state index contributed by atoms with van der Waals surface area (Å²) in [5.74, 6) is 0. The highest BCUT2D eigenvalue weighted by molar-refractivity contribution is 7.89. The number of ether oxygens (including phenoxy) is 1. The minimum atomic E-state index is -3.46. The first-order chi connectivity index (χ1) is 9.48. The third-order valence-corrected chi connectivity index (χ3v) is 5.62. The first-order valence-corrected chi connectivity index (χ1v) is 8.24. The molecule has 0 saturated heterocycles. The van der Waals surface area contributed by atoms with Crippen LogP contribution in [0.2, 0.25) is 0 Å². The fraction of sp³-hybridized carbons (Fsp3) is 0.571. The number of benzene rings is 1. The third-order valence-electron chi connectivity index (χ3n) is 3.68. The minimum Gasteiger partial charge on any atom is -0.385 e. The van der Waals surface area contributed by atoms with Gasteiger partial charge in [-0.2, -0.15) is 4.31 Å².